The second-order valence-electron chi connectivity index (χ2n) is 5.44. The molecule has 0 amide bonds. The van der Waals surface area contributed by atoms with Crippen LogP contribution in [-0.2, 0) is 0 Å². The number of hydrogen-bond acceptors (Lipinski definition) is 3. The molecule has 17 heavy (non-hydrogen) atoms. The van der Waals surface area contributed by atoms with Crippen molar-refractivity contribution in [1.29, 1.82) is 0 Å². The molecule has 1 N–H and O–H groups in total. The number of likely N-dealkylation sites (N-methyl/N-ethyl adjacent to an activating group) is 1. The van der Waals surface area contributed by atoms with Gasteiger partial charge >= 0.3 is 0 Å². The number of nitrogens with one attached hydrogen (secondary N) is 1. The average Bonchev–Trinajstić information content (AvgIpc) is 2.35. The SMILES string of the molecule is CCCCNCC(C)N1CCN(C)C(CC)C1. The van der Waals surface area contributed by atoms with Crippen LogP contribution < -0.4 is 5.32 Å². The van der Waals surface area contributed by atoms with Crippen LogP contribution in [0.25, 0.3) is 0 Å². The third-order valence-corrected chi connectivity index (χ3v) is 4.05. The summed E-state index contributed by atoms with van der Waals surface area (Å²) >= 11 is 0. The largest absolute Gasteiger partial charge is 0.315 e. The summed E-state index contributed by atoms with van der Waals surface area (Å²) in [4.78, 5) is 5.15. The molecule has 0 radical (unpaired) electrons. The Labute approximate surface area is 108 Å². The molecule has 1 saturated heterocycles. The molecule has 1 rings (SSSR count). The van der Waals surface area contributed by atoms with E-state index in [0.29, 0.717) is 6.04 Å². The van der Waals surface area contributed by atoms with E-state index in [9.17, 15) is 0 Å². The van der Waals surface area contributed by atoms with E-state index < -0.39 is 0 Å². The van der Waals surface area contributed by atoms with E-state index in [1.54, 1.807) is 0 Å². The minimum absolute atomic E-state index is 0.676. The molecule has 2 atom stereocenters. The lowest BCUT2D eigenvalue weighted by atomic mass is 10.1. The molecule has 1 heterocycles. The van der Waals surface area contributed by atoms with Gasteiger partial charge in [-0.05, 0) is 33.4 Å². The van der Waals surface area contributed by atoms with Crippen molar-refractivity contribution in [1.82, 2.24) is 15.1 Å². The van der Waals surface area contributed by atoms with Crippen molar-refractivity contribution in [2.75, 3.05) is 39.8 Å². The van der Waals surface area contributed by atoms with Crippen LogP contribution in [0, 0.1) is 0 Å². The first-order chi connectivity index (χ1) is 8.19. The molecule has 1 aliphatic rings. The van der Waals surface area contributed by atoms with Gasteiger partial charge in [-0.3, -0.25) is 4.90 Å². The quantitative estimate of drug-likeness (QED) is 0.686. The van der Waals surface area contributed by atoms with Crippen LogP contribution in [-0.4, -0.2) is 61.7 Å². The van der Waals surface area contributed by atoms with Crippen molar-refractivity contribution < 1.29 is 0 Å². The van der Waals surface area contributed by atoms with Gasteiger partial charge in [-0.2, -0.15) is 0 Å². The third kappa shape index (κ3) is 4.94. The highest BCUT2D eigenvalue weighted by molar-refractivity contribution is 4.82. The zero-order valence-corrected chi connectivity index (χ0v) is 12.2. The Morgan fingerprint density at radius 1 is 1.29 bits per heavy atom. The Morgan fingerprint density at radius 2 is 2.06 bits per heavy atom. The Balaban J connectivity index is 2.24. The second-order valence-corrected chi connectivity index (χ2v) is 5.44. The fourth-order valence-corrected chi connectivity index (χ4v) is 2.55. The number of nitrogens with zero attached hydrogens (tertiary/aromatic N) is 2. The Morgan fingerprint density at radius 3 is 2.71 bits per heavy atom. The molecule has 0 saturated carbocycles. The van der Waals surface area contributed by atoms with E-state index in [2.05, 4.69) is 42.9 Å². The maximum absolute atomic E-state index is 3.57. The smallest absolute Gasteiger partial charge is 0.0218 e. The van der Waals surface area contributed by atoms with Crippen molar-refractivity contribution in [2.24, 2.45) is 0 Å². The molecule has 0 aromatic heterocycles. The predicted molar refractivity (Wildman–Crippen MR) is 75.5 cm³/mol. The number of unbranched alkanes of at least 4 members (excludes halogenated alkanes) is 1. The molecule has 3 nitrogen and oxygen atoms in total. The van der Waals surface area contributed by atoms with Gasteiger partial charge in [0.2, 0.25) is 0 Å². The molecule has 0 aromatic rings. The first-order valence-electron chi connectivity index (χ1n) is 7.34. The van der Waals surface area contributed by atoms with Crippen LogP contribution in [0.3, 0.4) is 0 Å². The normalized spacial score (nSPS) is 25.1. The number of rotatable bonds is 7. The van der Waals surface area contributed by atoms with Gasteiger partial charge in [0.25, 0.3) is 0 Å². The minimum Gasteiger partial charge on any atom is -0.315 e. The van der Waals surface area contributed by atoms with Crippen LogP contribution in [0.4, 0.5) is 0 Å². The third-order valence-electron chi connectivity index (χ3n) is 4.05. The van der Waals surface area contributed by atoms with Crippen molar-refractivity contribution in [3.63, 3.8) is 0 Å². The minimum atomic E-state index is 0.676. The summed E-state index contributed by atoms with van der Waals surface area (Å²) in [5.74, 6) is 0. The van der Waals surface area contributed by atoms with E-state index in [4.69, 9.17) is 0 Å². The molecule has 0 aromatic carbocycles. The summed E-state index contributed by atoms with van der Waals surface area (Å²) in [6, 6.07) is 1.43. The van der Waals surface area contributed by atoms with Gasteiger partial charge in [0.15, 0.2) is 0 Å². The topological polar surface area (TPSA) is 18.5 Å². The Bertz CT molecular complexity index is 196. The molecule has 0 bridgehead atoms. The van der Waals surface area contributed by atoms with E-state index >= 15 is 0 Å². The van der Waals surface area contributed by atoms with Gasteiger partial charge in [-0.1, -0.05) is 20.3 Å². The highest BCUT2D eigenvalue weighted by atomic mass is 15.3. The van der Waals surface area contributed by atoms with E-state index in [1.807, 2.05) is 0 Å². The van der Waals surface area contributed by atoms with E-state index in [1.165, 1.54) is 45.4 Å². The summed E-state index contributed by atoms with van der Waals surface area (Å²) in [7, 11) is 2.26. The summed E-state index contributed by atoms with van der Waals surface area (Å²) in [6.45, 7) is 12.9. The van der Waals surface area contributed by atoms with Crippen molar-refractivity contribution in [2.45, 2.75) is 52.1 Å². The molecule has 0 spiro atoms. The van der Waals surface area contributed by atoms with E-state index in [-0.39, 0.29) is 0 Å². The van der Waals surface area contributed by atoms with Gasteiger partial charge in [0, 0.05) is 38.3 Å². The van der Waals surface area contributed by atoms with Gasteiger partial charge in [0.05, 0.1) is 0 Å². The fraction of sp³-hybridized carbons (Fsp3) is 1.00. The van der Waals surface area contributed by atoms with Crippen LogP contribution in [0.15, 0.2) is 0 Å². The molecular weight excluding hydrogens is 210 g/mol. The first kappa shape index (κ1) is 14.9. The van der Waals surface area contributed by atoms with Gasteiger partial charge in [-0.25, -0.2) is 0 Å². The van der Waals surface area contributed by atoms with Crippen molar-refractivity contribution in [3.8, 4) is 0 Å². The van der Waals surface area contributed by atoms with Crippen molar-refractivity contribution >= 4 is 0 Å². The molecule has 2 unspecified atom stereocenters. The number of piperazine rings is 1. The Kier molecular flexibility index (Phi) is 7.09. The lowest BCUT2D eigenvalue weighted by Gasteiger charge is -2.42. The highest BCUT2D eigenvalue weighted by Crippen LogP contribution is 2.12. The summed E-state index contributed by atoms with van der Waals surface area (Å²) < 4.78 is 0. The van der Waals surface area contributed by atoms with Crippen LogP contribution in [0.2, 0.25) is 0 Å². The molecule has 1 fully saturated rings. The van der Waals surface area contributed by atoms with E-state index in [0.717, 1.165) is 12.6 Å². The fourth-order valence-electron chi connectivity index (χ4n) is 2.55. The Hall–Kier alpha value is -0.120. The summed E-state index contributed by atoms with van der Waals surface area (Å²) in [5.41, 5.74) is 0. The molecule has 0 aliphatic carbocycles. The van der Waals surface area contributed by atoms with Crippen LogP contribution in [0.1, 0.15) is 40.0 Å². The highest BCUT2D eigenvalue weighted by Gasteiger charge is 2.25. The first-order valence-corrected chi connectivity index (χ1v) is 7.34. The predicted octanol–water partition coefficient (Wildman–Crippen LogP) is 1.79. The zero-order chi connectivity index (χ0) is 12.7. The van der Waals surface area contributed by atoms with Gasteiger partial charge < -0.3 is 10.2 Å². The summed E-state index contributed by atoms with van der Waals surface area (Å²) in [6.07, 6.45) is 3.85. The summed E-state index contributed by atoms with van der Waals surface area (Å²) in [5, 5.41) is 3.57. The van der Waals surface area contributed by atoms with Gasteiger partial charge in [0.1, 0.15) is 0 Å². The zero-order valence-electron chi connectivity index (χ0n) is 12.2. The molecule has 102 valence electrons. The van der Waals surface area contributed by atoms with Gasteiger partial charge in [-0.15, -0.1) is 0 Å². The average molecular weight is 241 g/mol. The molecular formula is C14H31N3. The van der Waals surface area contributed by atoms with Crippen molar-refractivity contribution in [3.05, 3.63) is 0 Å². The molecule has 1 aliphatic heterocycles. The second kappa shape index (κ2) is 8.06. The maximum Gasteiger partial charge on any atom is 0.0218 e. The number of hydrogen-bond donors (Lipinski definition) is 1. The van der Waals surface area contributed by atoms with Crippen LogP contribution >= 0.6 is 0 Å². The lowest BCUT2D eigenvalue weighted by Crippen LogP contribution is -2.55. The monoisotopic (exact) mass is 241 g/mol. The standard InChI is InChI=1S/C14H31N3/c1-5-7-8-15-11-13(3)17-10-9-16(4)14(6-2)12-17/h13-15H,5-12H2,1-4H3. The molecule has 3 heteroatoms. The lowest BCUT2D eigenvalue weighted by molar-refractivity contribution is 0.0675. The maximum atomic E-state index is 3.57. The van der Waals surface area contributed by atoms with Crippen LogP contribution in [0.5, 0.6) is 0 Å².